The molecule has 3 rings (SSSR count). The molecule has 24 heavy (non-hydrogen) atoms. The number of ether oxygens (including phenoxy) is 1. The molecule has 1 saturated heterocycles. The van der Waals surface area contributed by atoms with E-state index in [0.717, 1.165) is 27.1 Å². The highest BCUT2D eigenvalue weighted by Gasteiger charge is 2.29. The van der Waals surface area contributed by atoms with Gasteiger partial charge < -0.3 is 9.64 Å². The van der Waals surface area contributed by atoms with E-state index in [1.807, 2.05) is 29.2 Å². The van der Waals surface area contributed by atoms with E-state index in [4.69, 9.17) is 4.74 Å². The Morgan fingerprint density at radius 2 is 2.12 bits per heavy atom. The fourth-order valence-electron chi connectivity index (χ4n) is 2.61. The number of thioether (sulfide) groups is 1. The standard InChI is InChI=1S/C17H18BrN3O2S/c1-2-24-15-6-4-3-5-14(15)16(22)21-8-7-13(11-21)23-17-19-9-12(18)10-20-17/h3-6,9-10,13H,2,7-8,11H2,1H3. The van der Waals surface area contributed by atoms with Crippen LogP contribution in [0.5, 0.6) is 6.01 Å². The molecule has 0 aliphatic carbocycles. The lowest BCUT2D eigenvalue weighted by molar-refractivity contribution is 0.0766. The van der Waals surface area contributed by atoms with Crippen LogP contribution in [-0.4, -0.2) is 45.7 Å². The SMILES string of the molecule is CCSc1ccccc1C(=O)N1CCC(Oc2ncc(Br)cn2)C1. The zero-order valence-corrected chi connectivity index (χ0v) is 15.7. The van der Waals surface area contributed by atoms with E-state index in [-0.39, 0.29) is 12.0 Å². The number of rotatable bonds is 5. The molecule has 1 aliphatic heterocycles. The van der Waals surface area contributed by atoms with Gasteiger partial charge in [-0.25, -0.2) is 9.97 Å². The number of carbonyl (C=O) groups is 1. The lowest BCUT2D eigenvalue weighted by atomic mass is 10.2. The van der Waals surface area contributed by atoms with E-state index >= 15 is 0 Å². The molecule has 0 N–H and O–H groups in total. The van der Waals surface area contributed by atoms with Crippen LogP contribution in [0.25, 0.3) is 0 Å². The molecular weight excluding hydrogens is 390 g/mol. The number of hydrogen-bond acceptors (Lipinski definition) is 5. The lowest BCUT2D eigenvalue weighted by Crippen LogP contribution is -2.31. The van der Waals surface area contributed by atoms with Gasteiger partial charge in [-0.05, 0) is 33.8 Å². The molecule has 126 valence electrons. The van der Waals surface area contributed by atoms with Crippen molar-refractivity contribution in [3.05, 3.63) is 46.7 Å². The fourth-order valence-corrected chi connectivity index (χ4v) is 3.62. The van der Waals surface area contributed by atoms with Gasteiger partial charge in [0.25, 0.3) is 5.91 Å². The van der Waals surface area contributed by atoms with E-state index in [9.17, 15) is 4.79 Å². The van der Waals surface area contributed by atoms with Gasteiger partial charge in [-0.3, -0.25) is 4.79 Å². The predicted octanol–water partition coefficient (Wildman–Crippen LogP) is 3.64. The monoisotopic (exact) mass is 407 g/mol. The zero-order valence-electron chi connectivity index (χ0n) is 13.3. The second-order valence-electron chi connectivity index (χ2n) is 5.39. The van der Waals surface area contributed by atoms with Gasteiger partial charge in [0.2, 0.25) is 0 Å². The molecule has 2 aromatic rings. The molecule has 0 radical (unpaired) electrons. The van der Waals surface area contributed by atoms with Crippen molar-refractivity contribution in [1.29, 1.82) is 0 Å². The van der Waals surface area contributed by atoms with E-state index in [0.29, 0.717) is 19.1 Å². The molecule has 1 aromatic heterocycles. The van der Waals surface area contributed by atoms with Crippen LogP contribution in [-0.2, 0) is 0 Å². The first kappa shape index (κ1) is 17.2. The third-order valence-electron chi connectivity index (χ3n) is 3.72. The number of carbonyl (C=O) groups excluding carboxylic acids is 1. The molecular formula is C17H18BrN3O2S. The topological polar surface area (TPSA) is 55.3 Å². The van der Waals surface area contributed by atoms with Gasteiger partial charge in [0.1, 0.15) is 6.10 Å². The molecule has 1 atom stereocenters. The first-order valence-corrected chi connectivity index (χ1v) is 9.60. The summed E-state index contributed by atoms with van der Waals surface area (Å²) >= 11 is 4.99. The van der Waals surface area contributed by atoms with Crippen LogP contribution >= 0.6 is 27.7 Å². The molecule has 1 aliphatic rings. The summed E-state index contributed by atoms with van der Waals surface area (Å²) in [4.78, 5) is 23.9. The summed E-state index contributed by atoms with van der Waals surface area (Å²) in [5, 5.41) is 0. The summed E-state index contributed by atoms with van der Waals surface area (Å²) in [7, 11) is 0. The van der Waals surface area contributed by atoms with Crippen molar-refractivity contribution >= 4 is 33.6 Å². The van der Waals surface area contributed by atoms with Crippen LogP contribution in [0.2, 0.25) is 0 Å². The molecule has 1 amide bonds. The second-order valence-corrected chi connectivity index (χ2v) is 7.61. The van der Waals surface area contributed by atoms with Gasteiger partial charge >= 0.3 is 6.01 Å². The summed E-state index contributed by atoms with van der Waals surface area (Å²) < 4.78 is 6.59. The van der Waals surface area contributed by atoms with Crippen LogP contribution in [0.15, 0.2) is 46.0 Å². The average molecular weight is 408 g/mol. The van der Waals surface area contributed by atoms with Crippen LogP contribution in [0.3, 0.4) is 0 Å². The highest BCUT2D eigenvalue weighted by atomic mass is 79.9. The number of hydrogen-bond donors (Lipinski definition) is 0. The summed E-state index contributed by atoms with van der Waals surface area (Å²) in [6.45, 7) is 3.33. The molecule has 1 unspecified atom stereocenters. The zero-order chi connectivity index (χ0) is 16.9. The van der Waals surface area contributed by atoms with Crippen LogP contribution < -0.4 is 4.74 Å². The highest BCUT2D eigenvalue weighted by Crippen LogP contribution is 2.25. The smallest absolute Gasteiger partial charge is 0.316 e. The van der Waals surface area contributed by atoms with Crippen molar-refractivity contribution in [3.8, 4) is 6.01 Å². The first-order chi connectivity index (χ1) is 11.7. The van der Waals surface area contributed by atoms with Crippen molar-refractivity contribution in [2.75, 3.05) is 18.8 Å². The van der Waals surface area contributed by atoms with Gasteiger partial charge in [0.05, 0.1) is 16.6 Å². The Labute approximate surface area is 154 Å². The number of aromatic nitrogens is 2. The minimum atomic E-state index is -0.0684. The lowest BCUT2D eigenvalue weighted by Gasteiger charge is -2.18. The van der Waals surface area contributed by atoms with Gasteiger partial charge in [0, 0.05) is 30.3 Å². The van der Waals surface area contributed by atoms with Gasteiger partial charge in [-0.15, -0.1) is 11.8 Å². The first-order valence-electron chi connectivity index (χ1n) is 7.82. The quantitative estimate of drug-likeness (QED) is 0.707. The molecule has 1 fully saturated rings. The Morgan fingerprint density at radius 1 is 1.38 bits per heavy atom. The maximum absolute atomic E-state index is 12.8. The number of benzene rings is 1. The van der Waals surface area contributed by atoms with Crippen molar-refractivity contribution in [2.24, 2.45) is 0 Å². The second kappa shape index (κ2) is 7.98. The summed E-state index contributed by atoms with van der Waals surface area (Å²) in [5.41, 5.74) is 0.768. The number of nitrogens with zero attached hydrogens (tertiary/aromatic N) is 3. The summed E-state index contributed by atoms with van der Waals surface area (Å²) in [6, 6.07) is 8.12. The van der Waals surface area contributed by atoms with Gasteiger partial charge in [0.15, 0.2) is 0 Å². The molecule has 0 saturated carbocycles. The van der Waals surface area contributed by atoms with Crippen molar-refractivity contribution in [3.63, 3.8) is 0 Å². The molecule has 0 bridgehead atoms. The van der Waals surface area contributed by atoms with Gasteiger partial charge in [-0.1, -0.05) is 19.1 Å². The summed E-state index contributed by atoms with van der Waals surface area (Å²) in [6.07, 6.45) is 4.02. The largest absolute Gasteiger partial charge is 0.458 e. The third kappa shape index (κ3) is 4.08. The number of likely N-dealkylation sites (tertiary alicyclic amines) is 1. The maximum Gasteiger partial charge on any atom is 0.316 e. The van der Waals surface area contributed by atoms with E-state index in [1.54, 1.807) is 24.2 Å². The Morgan fingerprint density at radius 3 is 2.88 bits per heavy atom. The fraction of sp³-hybridized carbons (Fsp3) is 0.353. The predicted molar refractivity (Wildman–Crippen MR) is 97.5 cm³/mol. The Balaban J connectivity index is 1.65. The average Bonchev–Trinajstić information content (AvgIpc) is 3.06. The van der Waals surface area contributed by atoms with E-state index in [2.05, 4.69) is 32.8 Å². The molecule has 7 heteroatoms. The van der Waals surface area contributed by atoms with E-state index < -0.39 is 0 Å². The van der Waals surface area contributed by atoms with Crippen molar-refractivity contribution in [2.45, 2.75) is 24.3 Å². The maximum atomic E-state index is 12.8. The van der Waals surface area contributed by atoms with Crippen LogP contribution in [0.4, 0.5) is 0 Å². The Hall–Kier alpha value is -1.60. The molecule has 0 spiro atoms. The van der Waals surface area contributed by atoms with Crippen LogP contribution in [0.1, 0.15) is 23.7 Å². The normalized spacial score (nSPS) is 17.1. The van der Waals surface area contributed by atoms with Crippen molar-refractivity contribution < 1.29 is 9.53 Å². The highest BCUT2D eigenvalue weighted by molar-refractivity contribution is 9.10. The molecule has 5 nitrogen and oxygen atoms in total. The Bertz CT molecular complexity index is 711. The minimum Gasteiger partial charge on any atom is -0.458 e. The van der Waals surface area contributed by atoms with Crippen LogP contribution in [0, 0.1) is 0 Å². The number of halogens is 1. The molecule has 1 aromatic carbocycles. The third-order valence-corrected chi connectivity index (χ3v) is 5.08. The number of amides is 1. The van der Waals surface area contributed by atoms with E-state index in [1.165, 1.54) is 0 Å². The summed E-state index contributed by atoms with van der Waals surface area (Å²) in [5.74, 6) is 1.01. The Kier molecular flexibility index (Phi) is 5.73. The van der Waals surface area contributed by atoms with Gasteiger partial charge in [-0.2, -0.15) is 0 Å². The molecule has 2 heterocycles. The minimum absolute atomic E-state index is 0.0642. The van der Waals surface area contributed by atoms with Crippen molar-refractivity contribution in [1.82, 2.24) is 14.9 Å².